The molecule has 0 aliphatic carbocycles. The molecule has 0 bridgehead atoms. The minimum Gasteiger partial charge on any atom is -0.412 e. The summed E-state index contributed by atoms with van der Waals surface area (Å²) >= 11 is 0. The van der Waals surface area contributed by atoms with E-state index >= 15 is 0 Å². The summed E-state index contributed by atoms with van der Waals surface area (Å²) in [6.45, 7) is -5.36. The summed E-state index contributed by atoms with van der Waals surface area (Å²) in [5, 5.41) is 218. The summed E-state index contributed by atoms with van der Waals surface area (Å²) in [4.78, 5) is 0. The molecule has 72 heavy (non-hydrogen) atoms. The van der Waals surface area contributed by atoms with E-state index in [1.165, 1.54) is 0 Å². The quantitative estimate of drug-likeness (QED) is 0.0724. The van der Waals surface area contributed by atoms with E-state index in [4.69, 9.17) is 52.5 Å². The zero-order valence-electron chi connectivity index (χ0n) is 37.5. The van der Waals surface area contributed by atoms with Crippen molar-refractivity contribution in [1.82, 2.24) is 0 Å². The van der Waals surface area contributed by atoms with Gasteiger partial charge in [-0.25, -0.2) is 0 Å². The molecular weight excluding hydrogens is 1010 g/mol. The topological polar surface area (TPSA) is 663 Å². The van der Waals surface area contributed by atoms with E-state index in [-0.39, 0.29) is 21.9 Å². The lowest BCUT2D eigenvalue weighted by molar-refractivity contribution is -0.388. The lowest BCUT2D eigenvalue weighted by atomic mass is 9.97. The highest BCUT2D eigenvalue weighted by atomic mass is 16.8. The molecule has 6 aliphatic rings. The molecule has 6 saturated heterocycles. The average molecular weight is 1080 g/mol. The van der Waals surface area contributed by atoms with Gasteiger partial charge in [-0.15, -0.1) is 0 Å². The van der Waals surface area contributed by atoms with Gasteiger partial charge in [0.2, 0.25) is 5.79 Å². The van der Waals surface area contributed by atoms with Crippen molar-refractivity contribution in [3.63, 3.8) is 0 Å². The van der Waals surface area contributed by atoms with Crippen molar-refractivity contribution in [3.8, 4) is 0 Å². The van der Waals surface area contributed by atoms with Crippen molar-refractivity contribution in [3.05, 3.63) is 0 Å². The Morgan fingerprint density at radius 1 is 0.333 bits per heavy atom. The molecule has 36 heteroatoms. The minimum atomic E-state index is -2.43. The van der Waals surface area contributed by atoms with E-state index in [9.17, 15) is 107 Å². The molecule has 6 rings (SSSR count). The molecule has 0 saturated carbocycles. The Hall–Kier alpha value is -1.44. The second-order valence-electron chi connectivity index (χ2n) is 16.8. The van der Waals surface area contributed by atoms with Crippen LogP contribution in [-0.4, -0.2) is 358 Å². The van der Waals surface area contributed by atoms with Crippen molar-refractivity contribution < 1.29 is 182 Å². The minimum absolute atomic E-state index is 0. The summed E-state index contributed by atoms with van der Waals surface area (Å²) in [5.41, 5.74) is 0. The Bertz CT molecular complexity index is 1510. The van der Waals surface area contributed by atoms with Crippen LogP contribution in [0.3, 0.4) is 0 Å². The van der Waals surface area contributed by atoms with Crippen LogP contribution in [0.25, 0.3) is 0 Å². The third-order valence-corrected chi connectivity index (χ3v) is 12.2. The van der Waals surface area contributed by atoms with Gasteiger partial charge in [0, 0.05) is 0 Å². The lowest BCUT2D eigenvalue weighted by Gasteiger charge is -2.45. The monoisotopic (exact) mass is 1080 g/mol. The standard InChI is InChI=1S/C24H42O21.C12H22O11.4H2O/c25-1-6-10(28)14(32)17(35)21(41-6)39-3-8-11(29)15(33)18(36)22(42-8)40-4-9-12(30)16(34)19(37)23(43-9)45-24(5-27)20(38)13(31)7(2-26)44-24;13-1-3-5(15)6(16)9(19)12(22-3)23-10-4(2-14)21-11(20)8(18)7(10)17;;;;/h6-23,25-38H,1-5H2;3-20H,1-2H2;4*1H2/t6-,7-,8-,9-,10+,11+,12-,13-,14+,15+,16+,17-,18-,19-,20+,21+,22+,23-,24+;3-,4-,5-,6+,7-,8-,9-,10-,11-,12-;;;;/m11..../s1. The third-order valence-electron chi connectivity index (χ3n) is 12.2. The molecular formula is C36H72O36. The lowest BCUT2D eigenvalue weighted by Crippen LogP contribution is -2.64. The molecule has 6 fully saturated rings. The van der Waals surface area contributed by atoms with Crippen LogP contribution in [0.5, 0.6) is 0 Å². The van der Waals surface area contributed by atoms with Crippen molar-refractivity contribution in [2.75, 3.05) is 46.2 Å². The van der Waals surface area contributed by atoms with E-state index < -0.39 is 224 Å². The van der Waals surface area contributed by atoms with Crippen molar-refractivity contribution in [2.24, 2.45) is 0 Å². The van der Waals surface area contributed by atoms with Gasteiger partial charge >= 0.3 is 0 Å². The van der Waals surface area contributed by atoms with Crippen molar-refractivity contribution in [1.29, 1.82) is 0 Å². The highest BCUT2D eigenvalue weighted by molar-refractivity contribution is 4.99. The first-order valence-electron chi connectivity index (χ1n) is 21.2. The van der Waals surface area contributed by atoms with E-state index in [0.29, 0.717) is 0 Å². The maximum Gasteiger partial charge on any atom is 0.224 e. The predicted molar refractivity (Wildman–Crippen MR) is 217 cm³/mol. The first-order valence-corrected chi connectivity index (χ1v) is 21.2. The van der Waals surface area contributed by atoms with Gasteiger partial charge in [0.1, 0.15) is 147 Å². The van der Waals surface area contributed by atoms with Crippen LogP contribution in [0.15, 0.2) is 0 Å². The molecule has 0 aromatic carbocycles. The molecule has 29 atom stereocenters. The fourth-order valence-electron chi connectivity index (χ4n) is 7.96. The maximum atomic E-state index is 10.5. The number of aliphatic hydroxyl groups excluding tert-OH is 22. The van der Waals surface area contributed by atoms with Gasteiger partial charge in [-0.3, -0.25) is 0 Å². The van der Waals surface area contributed by atoms with Crippen LogP contribution < -0.4 is 0 Å². The molecule has 6 aliphatic heterocycles. The van der Waals surface area contributed by atoms with Gasteiger partial charge < -0.3 is 182 Å². The first-order chi connectivity index (χ1) is 32.0. The Morgan fingerprint density at radius 2 is 0.694 bits per heavy atom. The Labute approximate surface area is 405 Å². The maximum absolute atomic E-state index is 10.5. The fourth-order valence-corrected chi connectivity index (χ4v) is 7.96. The van der Waals surface area contributed by atoms with Gasteiger partial charge in [-0.2, -0.15) is 0 Å². The largest absolute Gasteiger partial charge is 0.412 e. The summed E-state index contributed by atoms with van der Waals surface area (Å²) in [6.07, 6.45) is -46.9. The van der Waals surface area contributed by atoms with Crippen molar-refractivity contribution >= 4 is 0 Å². The highest BCUT2D eigenvalue weighted by Gasteiger charge is 2.59. The zero-order valence-corrected chi connectivity index (χ0v) is 37.5. The van der Waals surface area contributed by atoms with Crippen LogP contribution in [0.2, 0.25) is 0 Å². The molecule has 0 radical (unpaired) electrons. The first kappa shape index (κ1) is 68.6. The van der Waals surface area contributed by atoms with Gasteiger partial charge in [-0.05, 0) is 0 Å². The normalized spacial score (nSPS) is 49.4. The zero-order chi connectivity index (χ0) is 50.7. The fraction of sp³-hybridized carbons (Fsp3) is 1.00. The third kappa shape index (κ3) is 14.4. The van der Waals surface area contributed by atoms with E-state index in [1.54, 1.807) is 0 Å². The molecule has 432 valence electrons. The number of aliphatic hydroxyl groups is 22. The van der Waals surface area contributed by atoms with Gasteiger partial charge in [-0.1, -0.05) is 0 Å². The van der Waals surface area contributed by atoms with Gasteiger partial charge in [0.15, 0.2) is 31.5 Å². The molecule has 0 aromatic heterocycles. The van der Waals surface area contributed by atoms with E-state index in [0.717, 1.165) is 0 Å². The average Bonchev–Trinajstić information content (AvgIpc) is 3.57. The van der Waals surface area contributed by atoms with Crippen LogP contribution in [0, 0.1) is 0 Å². The molecule has 30 N–H and O–H groups in total. The Kier molecular flexibility index (Phi) is 27.9. The molecule has 0 spiro atoms. The number of rotatable bonds is 15. The van der Waals surface area contributed by atoms with Crippen LogP contribution in [0.1, 0.15) is 0 Å². The number of ether oxygens (including phenoxy) is 10. The predicted octanol–water partition coefficient (Wildman–Crippen LogP) is -18.4. The van der Waals surface area contributed by atoms with Crippen LogP contribution in [0.4, 0.5) is 0 Å². The smallest absolute Gasteiger partial charge is 0.224 e. The second kappa shape index (κ2) is 29.3. The van der Waals surface area contributed by atoms with Crippen LogP contribution >= 0.6 is 0 Å². The Balaban J connectivity index is 0.000000816. The van der Waals surface area contributed by atoms with Gasteiger partial charge in [0.05, 0.1) is 39.6 Å². The summed E-state index contributed by atoms with van der Waals surface area (Å²) in [6, 6.07) is 0. The van der Waals surface area contributed by atoms with Gasteiger partial charge in [0.25, 0.3) is 0 Å². The molecule has 0 amide bonds. The highest BCUT2D eigenvalue weighted by Crippen LogP contribution is 2.37. The SMILES string of the molecule is O.O.O.O.OC[C@H]1O[C@H](OC[C@H]2O[C@H](OC[C@H]3O[C@H](O[C@]4(CO)O[C@H](CO)[C@@H](O)[C@@H]4O)[C@H](O)[C@@H](O)[C@@H]3O)[C@H](O)[C@@H](O)[C@H]2O)[C@H](O)[C@@H](O)[C@H]1O.OC[C@H]1O[C@H](O[C@H]2[C@H](O)[C@@H](O)[C@H](O)O[C@@H]2CO)[C@H](O)[C@@H](O)[C@@H]1O. The molecule has 36 nitrogen and oxygen atoms in total. The van der Waals surface area contributed by atoms with E-state index in [2.05, 4.69) is 0 Å². The van der Waals surface area contributed by atoms with Crippen molar-refractivity contribution in [2.45, 2.75) is 178 Å². The number of hydrogen-bond donors (Lipinski definition) is 22. The summed E-state index contributed by atoms with van der Waals surface area (Å²) < 4.78 is 52.8. The molecule has 0 aromatic rings. The Morgan fingerprint density at radius 3 is 1.10 bits per heavy atom. The number of hydrogen-bond acceptors (Lipinski definition) is 32. The second-order valence-corrected chi connectivity index (χ2v) is 16.8. The molecule has 0 unspecified atom stereocenters. The van der Waals surface area contributed by atoms with E-state index in [1.807, 2.05) is 0 Å². The summed E-state index contributed by atoms with van der Waals surface area (Å²) in [5.74, 6) is -2.43. The molecule has 6 heterocycles. The summed E-state index contributed by atoms with van der Waals surface area (Å²) in [7, 11) is 0. The van der Waals surface area contributed by atoms with Crippen LogP contribution in [-0.2, 0) is 47.4 Å².